The SMILES string of the molecule is CCOC(=O)CN(C1CC1)S(=O)(=O)CBr. The van der Waals surface area contributed by atoms with Gasteiger partial charge in [-0.3, -0.25) is 4.79 Å². The van der Waals surface area contributed by atoms with E-state index in [1.165, 1.54) is 4.31 Å². The third-order valence-electron chi connectivity index (χ3n) is 2.04. The van der Waals surface area contributed by atoms with Gasteiger partial charge in [0.15, 0.2) is 0 Å². The maximum absolute atomic E-state index is 11.6. The molecule has 0 spiro atoms. The fourth-order valence-corrected chi connectivity index (χ4v) is 3.10. The van der Waals surface area contributed by atoms with Crippen molar-refractivity contribution in [2.75, 3.05) is 17.8 Å². The van der Waals surface area contributed by atoms with Crippen LogP contribution in [0.25, 0.3) is 0 Å². The number of hydrogen-bond acceptors (Lipinski definition) is 4. The zero-order valence-corrected chi connectivity index (χ0v) is 10.9. The van der Waals surface area contributed by atoms with Gasteiger partial charge in [-0.25, -0.2) is 8.42 Å². The quantitative estimate of drug-likeness (QED) is 0.535. The number of alkyl halides is 1. The molecule has 0 aliphatic heterocycles. The lowest BCUT2D eigenvalue weighted by atomic mass is 10.6. The molecule has 0 atom stereocenters. The molecule has 7 heteroatoms. The third kappa shape index (κ3) is 3.73. The number of carbonyl (C=O) groups excluding carboxylic acids is 1. The molecule has 0 saturated heterocycles. The Morgan fingerprint density at radius 3 is 2.53 bits per heavy atom. The lowest BCUT2D eigenvalue weighted by Crippen LogP contribution is -2.38. The molecule has 0 amide bonds. The van der Waals surface area contributed by atoms with Crippen molar-refractivity contribution < 1.29 is 17.9 Å². The summed E-state index contributed by atoms with van der Waals surface area (Å²) in [6.07, 6.45) is 1.65. The Bertz CT molecular complexity index is 326. The van der Waals surface area contributed by atoms with E-state index < -0.39 is 16.0 Å². The second kappa shape index (κ2) is 5.27. The zero-order chi connectivity index (χ0) is 11.5. The van der Waals surface area contributed by atoms with Crippen molar-refractivity contribution in [3.8, 4) is 0 Å². The normalized spacial score (nSPS) is 16.7. The molecule has 1 aliphatic rings. The van der Waals surface area contributed by atoms with E-state index in [1.807, 2.05) is 0 Å². The van der Waals surface area contributed by atoms with Crippen LogP contribution in [0.4, 0.5) is 0 Å². The number of ether oxygens (including phenoxy) is 1. The molecule has 1 aliphatic carbocycles. The Hall–Kier alpha value is -0.140. The smallest absolute Gasteiger partial charge is 0.321 e. The first-order valence-electron chi connectivity index (χ1n) is 4.72. The van der Waals surface area contributed by atoms with Crippen LogP contribution in [0.2, 0.25) is 0 Å². The van der Waals surface area contributed by atoms with Gasteiger partial charge in [-0.2, -0.15) is 4.31 Å². The molecule has 0 unspecified atom stereocenters. The molecule has 15 heavy (non-hydrogen) atoms. The van der Waals surface area contributed by atoms with Gasteiger partial charge in [0.1, 0.15) is 11.2 Å². The van der Waals surface area contributed by atoms with Crippen molar-refractivity contribution in [3.05, 3.63) is 0 Å². The molecule has 1 fully saturated rings. The summed E-state index contributed by atoms with van der Waals surface area (Å²) in [4.78, 5) is 11.2. The summed E-state index contributed by atoms with van der Waals surface area (Å²) in [5.41, 5.74) is 0. The van der Waals surface area contributed by atoms with Crippen molar-refractivity contribution in [2.24, 2.45) is 0 Å². The maximum atomic E-state index is 11.6. The zero-order valence-electron chi connectivity index (χ0n) is 8.48. The second-order valence-corrected chi connectivity index (χ2v) is 6.53. The molecule has 0 aromatic heterocycles. The summed E-state index contributed by atoms with van der Waals surface area (Å²) < 4.78 is 29.0. The van der Waals surface area contributed by atoms with Crippen molar-refractivity contribution in [3.63, 3.8) is 0 Å². The molecule has 0 heterocycles. The van der Waals surface area contributed by atoms with Crippen LogP contribution in [-0.2, 0) is 19.6 Å². The second-order valence-electron chi connectivity index (χ2n) is 3.30. The predicted octanol–water partition coefficient (Wildman–Crippen LogP) is 0.696. The van der Waals surface area contributed by atoms with Crippen molar-refractivity contribution in [1.29, 1.82) is 0 Å². The number of esters is 1. The van der Waals surface area contributed by atoms with Crippen LogP contribution in [-0.4, -0.2) is 42.5 Å². The monoisotopic (exact) mass is 299 g/mol. The first-order valence-corrected chi connectivity index (χ1v) is 7.45. The highest BCUT2D eigenvalue weighted by Crippen LogP contribution is 2.29. The Morgan fingerprint density at radius 1 is 1.53 bits per heavy atom. The van der Waals surface area contributed by atoms with Gasteiger partial charge < -0.3 is 4.74 Å². The fourth-order valence-electron chi connectivity index (χ4n) is 1.21. The predicted molar refractivity (Wildman–Crippen MR) is 59.1 cm³/mol. The number of halogens is 1. The van der Waals surface area contributed by atoms with E-state index in [1.54, 1.807) is 6.92 Å². The highest BCUT2D eigenvalue weighted by molar-refractivity contribution is 9.10. The number of carbonyl (C=O) groups is 1. The summed E-state index contributed by atoms with van der Waals surface area (Å²) in [7, 11) is -3.36. The minimum Gasteiger partial charge on any atom is -0.465 e. The van der Waals surface area contributed by atoms with E-state index in [2.05, 4.69) is 15.9 Å². The van der Waals surface area contributed by atoms with Crippen LogP contribution >= 0.6 is 15.9 Å². The number of hydrogen-bond donors (Lipinski definition) is 0. The van der Waals surface area contributed by atoms with Gasteiger partial charge in [0.2, 0.25) is 10.0 Å². The molecule has 0 N–H and O–H groups in total. The van der Waals surface area contributed by atoms with E-state index in [4.69, 9.17) is 4.74 Å². The number of sulfonamides is 1. The summed E-state index contributed by atoms with van der Waals surface area (Å²) in [5.74, 6) is -0.492. The van der Waals surface area contributed by atoms with Crippen molar-refractivity contribution in [1.82, 2.24) is 4.31 Å². The van der Waals surface area contributed by atoms with Gasteiger partial charge in [-0.15, -0.1) is 0 Å². The molecule has 1 saturated carbocycles. The van der Waals surface area contributed by atoms with Crippen LogP contribution in [0, 0.1) is 0 Å². The van der Waals surface area contributed by atoms with Gasteiger partial charge in [-0.05, 0) is 19.8 Å². The van der Waals surface area contributed by atoms with Crippen LogP contribution < -0.4 is 0 Å². The van der Waals surface area contributed by atoms with Crippen LogP contribution in [0.5, 0.6) is 0 Å². The molecular weight excluding hydrogens is 286 g/mol. The summed E-state index contributed by atoms with van der Waals surface area (Å²) in [6.45, 7) is 1.79. The first kappa shape index (κ1) is 12.9. The van der Waals surface area contributed by atoms with E-state index in [-0.39, 0.29) is 23.9 Å². The van der Waals surface area contributed by atoms with Crippen LogP contribution in [0.1, 0.15) is 19.8 Å². The summed E-state index contributed by atoms with van der Waals surface area (Å²) in [6, 6.07) is -0.0167. The van der Waals surface area contributed by atoms with Gasteiger partial charge >= 0.3 is 5.97 Å². The number of nitrogens with zero attached hydrogens (tertiary/aromatic N) is 1. The average Bonchev–Trinajstić information content (AvgIpc) is 2.98. The first-order chi connectivity index (χ1) is 7.01. The van der Waals surface area contributed by atoms with E-state index in [9.17, 15) is 13.2 Å². The molecule has 0 aromatic rings. The van der Waals surface area contributed by atoms with E-state index in [0.29, 0.717) is 0 Å². The Labute approximate surface area is 98.0 Å². The highest BCUT2D eigenvalue weighted by Gasteiger charge is 2.38. The Balaban J connectivity index is 2.63. The number of rotatable bonds is 6. The molecule has 0 radical (unpaired) electrons. The van der Waals surface area contributed by atoms with Gasteiger partial charge in [0.25, 0.3) is 0 Å². The Morgan fingerprint density at radius 2 is 2.13 bits per heavy atom. The van der Waals surface area contributed by atoms with Gasteiger partial charge in [0, 0.05) is 6.04 Å². The third-order valence-corrected chi connectivity index (χ3v) is 5.19. The molecule has 0 aromatic carbocycles. The van der Waals surface area contributed by atoms with E-state index >= 15 is 0 Å². The minimum atomic E-state index is -3.36. The molecular formula is C8H14BrNO4S. The topological polar surface area (TPSA) is 63.7 Å². The largest absolute Gasteiger partial charge is 0.465 e. The minimum absolute atomic E-state index is 0.0167. The maximum Gasteiger partial charge on any atom is 0.321 e. The summed E-state index contributed by atoms with van der Waals surface area (Å²) >= 11 is 2.91. The van der Waals surface area contributed by atoms with Gasteiger partial charge in [-0.1, -0.05) is 15.9 Å². The summed E-state index contributed by atoms with van der Waals surface area (Å²) in [5, 5.41) is 0. The molecule has 0 bridgehead atoms. The lowest BCUT2D eigenvalue weighted by molar-refractivity contribution is -0.143. The standard InChI is InChI=1S/C8H14BrNO4S/c1-2-14-8(11)5-10(7-3-4-7)15(12,13)6-9/h7H,2-6H2,1H3. The fraction of sp³-hybridized carbons (Fsp3) is 0.875. The van der Waals surface area contributed by atoms with Crippen LogP contribution in [0.15, 0.2) is 0 Å². The Kier molecular flexibility index (Phi) is 4.54. The lowest BCUT2D eigenvalue weighted by Gasteiger charge is -2.19. The van der Waals surface area contributed by atoms with E-state index in [0.717, 1.165) is 12.8 Å². The van der Waals surface area contributed by atoms with Crippen LogP contribution in [0.3, 0.4) is 0 Å². The average molecular weight is 300 g/mol. The molecule has 1 rings (SSSR count). The van der Waals surface area contributed by atoms with Gasteiger partial charge in [0.05, 0.1) is 6.61 Å². The highest BCUT2D eigenvalue weighted by atomic mass is 79.9. The van der Waals surface area contributed by atoms with Crippen molar-refractivity contribution >= 4 is 31.9 Å². The molecule has 5 nitrogen and oxygen atoms in total. The van der Waals surface area contributed by atoms with Crippen molar-refractivity contribution in [2.45, 2.75) is 25.8 Å². The molecule has 88 valence electrons.